The average Bonchev–Trinajstić information content (AvgIpc) is 3.07. The minimum atomic E-state index is -0.620. The third-order valence-electron chi connectivity index (χ3n) is 5.58. The van der Waals surface area contributed by atoms with E-state index in [1.54, 1.807) is 36.4 Å². The molecule has 0 unspecified atom stereocenters. The van der Waals surface area contributed by atoms with E-state index in [0.29, 0.717) is 34.7 Å². The van der Waals surface area contributed by atoms with Crippen LogP contribution in [0.2, 0.25) is 0 Å². The molecule has 3 rings (SSSR count). The minimum Gasteiger partial charge on any atom is -0.506 e. The number of imide groups is 1. The molecule has 1 N–H and O–H groups in total. The van der Waals surface area contributed by atoms with Crippen molar-refractivity contribution in [2.24, 2.45) is 0 Å². The number of aliphatic hydroxyl groups is 1. The molecule has 2 aromatic carbocycles. The maximum atomic E-state index is 13.0. The number of amides is 2. The molecule has 1 heterocycles. The third-order valence-corrected chi connectivity index (χ3v) is 5.58. The number of ketones is 1. The molecular weight excluding hydrogens is 408 g/mol. The van der Waals surface area contributed by atoms with Crippen molar-refractivity contribution in [3.63, 3.8) is 0 Å². The Hall–Kier alpha value is -3.45. The van der Waals surface area contributed by atoms with Gasteiger partial charge in [0.15, 0.2) is 5.78 Å². The zero-order valence-electron chi connectivity index (χ0n) is 18.8. The van der Waals surface area contributed by atoms with Gasteiger partial charge in [0.2, 0.25) is 5.91 Å². The monoisotopic (exact) mass is 436 g/mol. The van der Waals surface area contributed by atoms with E-state index in [1.165, 1.54) is 19.9 Å². The zero-order valence-corrected chi connectivity index (χ0v) is 18.8. The van der Waals surface area contributed by atoms with Gasteiger partial charge in [0, 0.05) is 30.2 Å². The molecule has 0 atom stereocenters. The van der Waals surface area contributed by atoms with Crippen LogP contribution in [-0.2, 0) is 9.59 Å². The predicted octanol–water partition coefficient (Wildman–Crippen LogP) is 3.93. The summed E-state index contributed by atoms with van der Waals surface area (Å²) in [5.41, 5.74) is 1.51. The van der Waals surface area contributed by atoms with Crippen molar-refractivity contribution in [1.29, 1.82) is 0 Å². The molecule has 2 amide bonds. The zero-order chi connectivity index (χ0) is 23.4. The van der Waals surface area contributed by atoms with Crippen molar-refractivity contribution in [3.05, 3.63) is 59.2 Å². The first kappa shape index (κ1) is 23.2. The molecule has 7 heteroatoms. The van der Waals surface area contributed by atoms with Crippen LogP contribution in [0.5, 0.6) is 5.75 Å². The fourth-order valence-corrected chi connectivity index (χ4v) is 3.71. The topological polar surface area (TPSA) is 87.2 Å². The predicted molar refractivity (Wildman–Crippen MR) is 124 cm³/mol. The van der Waals surface area contributed by atoms with Crippen LogP contribution in [0, 0.1) is 0 Å². The number of hydrogen-bond donors (Lipinski definition) is 1. The Balaban J connectivity index is 1.92. The summed E-state index contributed by atoms with van der Waals surface area (Å²) < 4.78 is 5.77. The quantitative estimate of drug-likeness (QED) is 0.383. The van der Waals surface area contributed by atoms with E-state index in [-0.39, 0.29) is 17.1 Å². The smallest absolute Gasteiger partial charge is 0.269 e. The van der Waals surface area contributed by atoms with Crippen LogP contribution >= 0.6 is 0 Å². The van der Waals surface area contributed by atoms with Gasteiger partial charge < -0.3 is 14.7 Å². The normalized spacial score (nSPS) is 14.5. The summed E-state index contributed by atoms with van der Waals surface area (Å²) in [6.07, 6.45) is 0. The second-order valence-electron chi connectivity index (χ2n) is 7.57. The molecule has 0 radical (unpaired) electrons. The molecule has 1 aliphatic heterocycles. The van der Waals surface area contributed by atoms with Crippen LogP contribution in [-0.4, -0.2) is 53.8 Å². The van der Waals surface area contributed by atoms with Crippen LogP contribution in [0.25, 0.3) is 11.3 Å². The Labute approximate surface area is 187 Å². The summed E-state index contributed by atoms with van der Waals surface area (Å²) in [7, 11) is 0. The number of fused-ring (bicyclic) bond motifs is 1. The lowest BCUT2D eigenvalue weighted by atomic mass is 9.99. The molecule has 0 saturated carbocycles. The highest BCUT2D eigenvalue weighted by atomic mass is 16.5. The molecular formula is C25H28N2O5. The summed E-state index contributed by atoms with van der Waals surface area (Å²) >= 11 is 0. The molecule has 1 aliphatic rings. The molecule has 2 aromatic rings. The molecule has 0 aromatic heterocycles. The van der Waals surface area contributed by atoms with E-state index in [0.717, 1.165) is 24.5 Å². The van der Waals surface area contributed by atoms with Crippen molar-refractivity contribution in [3.8, 4) is 5.75 Å². The number of anilines is 1. The summed E-state index contributed by atoms with van der Waals surface area (Å²) in [5.74, 6) is -0.861. The molecule has 0 fully saturated rings. The van der Waals surface area contributed by atoms with Gasteiger partial charge in [-0.1, -0.05) is 13.8 Å². The highest BCUT2D eigenvalue weighted by molar-refractivity contribution is 6.42. The summed E-state index contributed by atoms with van der Waals surface area (Å²) in [6.45, 7) is 10.2. The van der Waals surface area contributed by atoms with Crippen molar-refractivity contribution < 1.29 is 24.2 Å². The SMILES string of the molecule is CCN(CC)CCOc1ccc(C(O)=C2C(=O)N(C(C)=O)c3ccc(C(C)=O)cc32)cc1. The number of ether oxygens (including phenoxy) is 1. The van der Waals surface area contributed by atoms with E-state index < -0.39 is 11.8 Å². The fraction of sp³-hybridized carbons (Fsp3) is 0.320. The minimum absolute atomic E-state index is 0.00602. The van der Waals surface area contributed by atoms with Gasteiger partial charge in [-0.15, -0.1) is 0 Å². The first-order valence-corrected chi connectivity index (χ1v) is 10.7. The van der Waals surface area contributed by atoms with Gasteiger partial charge in [-0.3, -0.25) is 14.4 Å². The van der Waals surface area contributed by atoms with Gasteiger partial charge in [-0.25, -0.2) is 4.90 Å². The van der Waals surface area contributed by atoms with Gasteiger partial charge in [-0.2, -0.15) is 0 Å². The van der Waals surface area contributed by atoms with E-state index in [9.17, 15) is 19.5 Å². The molecule has 0 aliphatic carbocycles. The molecule has 32 heavy (non-hydrogen) atoms. The van der Waals surface area contributed by atoms with E-state index in [1.807, 2.05) is 0 Å². The number of likely N-dealkylation sites (N-methyl/N-ethyl adjacent to an activating group) is 1. The summed E-state index contributed by atoms with van der Waals surface area (Å²) in [4.78, 5) is 40.2. The number of rotatable bonds is 8. The maximum absolute atomic E-state index is 13.0. The highest BCUT2D eigenvalue weighted by Gasteiger charge is 2.38. The molecule has 0 bridgehead atoms. The fourth-order valence-electron chi connectivity index (χ4n) is 3.71. The molecule has 0 saturated heterocycles. The van der Waals surface area contributed by atoms with E-state index in [4.69, 9.17) is 4.74 Å². The van der Waals surface area contributed by atoms with Crippen molar-refractivity contribution in [2.45, 2.75) is 27.7 Å². The highest BCUT2D eigenvalue weighted by Crippen LogP contribution is 2.41. The second kappa shape index (κ2) is 9.78. The maximum Gasteiger partial charge on any atom is 0.269 e. The Kier molecular flexibility index (Phi) is 7.10. The Morgan fingerprint density at radius 1 is 1.00 bits per heavy atom. The Bertz CT molecular complexity index is 1070. The third kappa shape index (κ3) is 4.57. The lowest BCUT2D eigenvalue weighted by Gasteiger charge is -2.18. The van der Waals surface area contributed by atoms with Crippen LogP contribution in [0.4, 0.5) is 5.69 Å². The summed E-state index contributed by atoms with van der Waals surface area (Å²) in [5, 5.41) is 11.0. The lowest BCUT2D eigenvalue weighted by Crippen LogP contribution is -2.31. The van der Waals surface area contributed by atoms with Crippen molar-refractivity contribution in [1.82, 2.24) is 4.90 Å². The van der Waals surface area contributed by atoms with Gasteiger partial charge in [0.05, 0.1) is 11.3 Å². The van der Waals surface area contributed by atoms with Gasteiger partial charge in [0.1, 0.15) is 18.1 Å². The van der Waals surface area contributed by atoms with Crippen molar-refractivity contribution >= 4 is 34.6 Å². The molecule has 168 valence electrons. The first-order valence-electron chi connectivity index (χ1n) is 10.7. The second-order valence-corrected chi connectivity index (χ2v) is 7.57. The molecule has 7 nitrogen and oxygen atoms in total. The van der Waals surface area contributed by atoms with E-state index >= 15 is 0 Å². The largest absolute Gasteiger partial charge is 0.506 e. The van der Waals surface area contributed by atoms with Crippen LogP contribution in [0.1, 0.15) is 49.2 Å². The summed E-state index contributed by atoms with van der Waals surface area (Å²) in [6, 6.07) is 11.4. The Morgan fingerprint density at radius 2 is 1.62 bits per heavy atom. The average molecular weight is 437 g/mol. The number of carbonyl (C=O) groups is 3. The van der Waals surface area contributed by atoms with E-state index in [2.05, 4.69) is 18.7 Å². The number of Topliss-reactive ketones (excluding diaryl/α,β-unsaturated/α-hetero) is 1. The van der Waals surface area contributed by atoms with Gasteiger partial charge in [0.25, 0.3) is 5.91 Å². The number of hydrogen-bond acceptors (Lipinski definition) is 6. The number of benzene rings is 2. The van der Waals surface area contributed by atoms with Crippen molar-refractivity contribution in [2.75, 3.05) is 31.1 Å². The van der Waals surface area contributed by atoms with Gasteiger partial charge in [-0.05, 0) is 62.5 Å². The lowest BCUT2D eigenvalue weighted by molar-refractivity contribution is -0.122. The first-order chi connectivity index (χ1) is 15.3. The van der Waals surface area contributed by atoms with Crippen LogP contribution < -0.4 is 9.64 Å². The number of carbonyl (C=O) groups excluding carboxylic acids is 3. The Morgan fingerprint density at radius 3 is 2.19 bits per heavy atom. The molecule has 0 spiro atoms. The number of nitrogens with zero attached hydrogens (tertiary/aromatic N) is 2. The standard InChI is InChI=1S/C25H28N2O5/c1-5-26(6-2)13-14-32-20-10-7-18(8-11-20)24(30)23-21-15-19(16(3)28)9-12-22(21)27(17(4)29)25(23)31/h7-12,15,30H,5-6,13-14H2,1-4H3. The van der Waals surface area contributed by atoms with Crippen LogP contribution in [0.3, 0.4) is 0 Å². The van der Waals surface area contributed by atoms with Crippen LogP contribution in [0.15, 0.2) is 42.5 Å². The van der Waals surface area contributed by atoms with Gasteiger partial charge >= 0.3 is 0 Å². The number of aliphatic hydroxyl groups excluding tert-OH is 1.